The number of methoxy groups -OCH3 is 1. The summed E-state index contributed by atoms with van der Waals surface area (Å²) < 4.78 is 11.0. The highest BCUT2D eigenvalue weighted by atomic mass is 16.5. The lowest BCUT2D eigenvalue weighted by molar-refractivity contribution is 0.0251. The monoisotopic (exact) mass is 168 g/mol. The third-order valence-corrected chi connectivity index (χ3v) is 4.22. The average Bonchev–Trinajstić information content (AvgIpc) is 2.75. The SMILES string of the molecule is COC1CC2CC1C1COCC21. The Balaban J connectivity index is 1.83. The molecule has 2 nitrogen and oxygen atoms in total. The Morgan fingerprint density at radius 3 is 2.75 bits per heavy atom. The Hall–Kier alpha value is -0.0800. The molecule has 0 aromatic carbocycles. The molecule has 2 bridgehead atoms. The van der Waals surface area contributed by atoms with Crippen LogP contribution in [0.5, 0.6) is 0 Å². The number of hydrogen-bond acceptors (Lipinski definition) is 2. The van der Waals surface area contributed by atoms with E-state index in [1.165, 1.54) is 12.8 Å². The lowest BCUT2D eigenvalue weighted by Gasteiger charge is -2.28. The van der Waals surface area contributed by atoms with Gasteiger partial charge in [0.05, 0.1) is 19.3 Å². The maximum atomic E-state index is 5.53. The fraction of sp³-hybridized carbons (Fsp3) is 1.00. The molecule has 1 saturated heterocycles. The minimum Gasteiger partial charge on any atom is -0.381 e. The van der Waals surface area contributed by atoms with Crippen molar-refractivity contribution in [3.05, 3.63) is 0 Å². The number of rotatable bonds is 1. The summed E-state index contributed by atoms with van der Waals surface area (Å²) in [7, 11) is 1.86. The van der Waals surface area contributed by atoms with Gasteiger partial charge in [0.25, 0.3) is 0 Å². The number of ether oxygens (including phenoxy) is 2. The molecule has 12 heavy (non-hydrogen) atoms. The standard InChI is InChI=1S/C10H16O2/c1-11-10-3-6-2-7(10)9-5-12-4-8(6)9/h6-10H,2-5H2,1H3. The molecular weight excluding hydrogens is 152 g/mol. The summed E-state index contributed by atoms with van der Waals surface area (Å²) in [6.45, 7) is 2.04. The van der Waals surface area contributed by atoms with Crippen molar-refractivity contribution in [2.45, 2.75) is 18.9 Å². The van der Waals surface area contributed by atoms with Crippen LogP contribution in [0.3, 0.4) is 0 Å². The van der Waals surface area contributed by atoms with Gasteiger partial charge in [-0.25, -0.2) is 0 Å². The maximum Gasteiger partial charge on any atom is 0.0606 e. The second kappa shape index (κ2) is 2.46. The van der Waals surface area contributed by atoms with E-state index in [4.69, 9.17) is 9.47 Å². The summed E-state index contributed by atoms with van der Waals surface area (Å²) >= 11 is 0. The summed E-state index contributed by atoms with van der Waals surface area (Å²) in [5.41, 5.74) is 0. The van der Waals surface area contributed by atoms with Crippen LogP contribution in [0.25, 0.3) is 0 Å². The Morgan fingerprint density at radius 2 is 1.92 bits per heavy atom. The molecule has 3 fully saturated rings. The van der Waals surface area contributed by atoms with E-state index in [1.807, 2.05) is 7.11 Å². The smallest absolute Gasteiger partial charge is 0.0606 e. The highest BCUT2D eigenvalue weighted by Gasteiger charge is 2.54. The van der Waals surface area contributed by atoms with Crippen LogP contribution in [-0.4, -0.2) is 26.4 Å². The van der Waals surface area contributed by atoms with Crippen molar-refractivity contribution in [1.29, 1.82) is 0 Å². The van der Waals surface area contributed by atoms with E-state index in [1.54, 1.807) is 0 Å². The maximum absolute atomic E-state index is 5.53. The largest absolute Gasteiger partial charge is 0.381 e. The third-order valence-electron chi connectivity index (χ3n) is 4.22. The molecule has 0 spiro atoms. The first-order valence-corrected chi connectivity index (χ1v) is 5.00. The van der Waals surface area contributed by atoms with Gasteiger partial charge in [-0.1, -0.05) is 0 Å². The molecule has 2 heteroatoms. The molecule has 5 atom stereocenters. The number of hydrogen-bond donors (Lipinski definition) is 0. The van der Waals surface area contributed by atoms with Gasteiger partial charge in [-0.2, -0.15) is 0 Å². The van der Waals surface area contributed by atoms with Crippen molar-refractivity contribution in [2.24, 2.45) is 23.7 Å². The summed E-state index contributed by atoms with van der Waals surface area (Å²) in [5.74, 6) is 3.48. The van der Waals surface area contributed by atoms with Gasteiger partial charge in [0, 0.05) is 7.11 Å². The predicted molar refractivity (Wildman–Crippen MR) is 44.8 cm³/mol. The molecule has 0 aromatic heterocycles. The van der Waals surface area contributed by atoms with E-state index in [0.29, 0.717) is 6.10 Å². The number of fused-ring (bicyclic) bond motifs is 5. The molecule has 68 valence electrons. The zero-order valence-corrected chi connectivity index (χ0v) is 7.53. The lowest BCUT2D eigenvalue weighted by atomic mass is 9.80. The van der Waals surface area contributed by atoms with Gasteiger partial charge < -0.3 is 9.47 Å². The first kappa shape index (κ1) is 7.34. The van der Waals surface area contributed by atoms with E-state index in [2.05, 4.69) is 0 Å². The zero-order valence-electron chi connectivity index (χ0n) is 7.53. The molecule has 3 rings (SSSR count). The van der Waals surface area contributed by atoms with E-state index in [-0.39, 0.29) is 0 Å². The molecule has 0 radical (unpaired) electrons. The minimum atomic E-state index is 0.554. The van der Waals surface area contributed by atoms with E-state index < -0.39 is 0 Å². The highest BCUT2D eigenvalue weighted by molar-refractivity contribution is 5.03. The Bertz CT molecular complexity index is 190. The first-order valence-electron chi connectivity index (χ1n) is 5.00. The second-order valence-corrected chi connectivity index (χ2v) is 4.53. The van der Waals surface area contributed by atoms with Gasteiger partial charge >= 0.3 is 0 Å². The topological polar surface area (TPSA) is 18.5 Å². The molecule has 1 heterocycles. The normalized spacial score (nSPS) is 56.2. The third kappa shape index (κ3) is 0.775. The van der Waals surface area contributed by atoms with Crippen LogP contribution in [0.15, 0.2) is 0 Å². The van der Waals surface area contributed by atoms with Crippen molar-refractivity contribution in [3.63, 3.8) is 0 Å². The Labute approximate surface area is 73.2 Å². The van der Waals surface area contributed by atoms with Gasteiger partial charge in [0.15, 0.2) is 0 Å². The van der Waals surface area contributed by atoms with Gasteiger partial charge in [-0.3, -0.25) is 0 Å². The van der Waals surface area contributed by atoms with E-state index in [0.717, 1.165) is 36.9 Å². The molecular formula is C10H16O2. The van der Waals surface area contributed by atoms with Crippen LogP contribution in [0.1, 0.15) is 12.8 Å². The van der Waals surface area contributed by atoms with Gasteiger partial charge in [-0.15, -0.1) is 0 Å². The molecule has 0 amide bonds. The highest BCUT2D eigenvalue weighted by Crippen LogP contribution is 2.55. The van der Waals surface area contributed by atoms with Crippen molar-refractivity contribution >= 4 is 0 Å². The van der Waals surface area contributed by atoms with Crippen molar-refractivity contribution < 1.29 is 9.47 Å². The van der Waals surface area contributed by atoms with Crippen LogP contribution in [0.4, 0.5) is 0 Å². The molecule has 5 unspecified atom stereocenters. The molecule has 2 saturated carbocycles. The summed E-state index contributed by atoms with van der Waals surface area (Å²) in [6, 6.07) is 0. The van der Waals surface area contributed by atoms with E-state index in [9.17, 15) is 0 Å². The fourth-order valence-corrected chi connectivity index (χ4v) is 3.66. The minimum absolute atomic E-state index is 0.554. The molecule has 1 aliphatic heterocycles. The van der Waals surface area contributed by atoms with Crippen LogP contribution < -0.4 is 0 Å². The summed E-state index contributed by atoms with van der Waals surface area (Å²) in [6.07, 6.45) is 3.26. The molecule has 0 N–H and O–H groups in total. The van der Waals surface area contributed by atoms with Gasteiger partial charge in [0.2, 0.25) is 0 Å². The van der Waals surface area contributed by atoms with Crippen LogP contribution in [0.2, 0.25) is 0 Å². The summed E-state index contributed by atoms with van der Waals surface area (Å²) in [5, 5.41) is 0. The average molecular weight is 168 g/mol. The Morgan fingerprint density at radius 1 is 1.08 bits per heavy atom. The molecule has 0 aromatic rings. The first-order chi connectivity index (χ1) is 5.90. The quantitative estimate of drug-likeness (QED) is 0.587. The van der Waals surface area contributed by atoms with Crippen molar-refractivity contribution in [3.8, 4) is 0 Å². The second-order valence-electron chi connectivity index (χ2n) is 4.53. The molecule has 3 aliphatic rings. The van der Waals surface area contributed by atoms with Gasteiger partial charge in [-0.05, 0) is 36.5 Å². The van der Waals surface area contributed by atoms with Crippen LogP contribution in [0, 0.1) is 23.7 Å². The fourth-order valence-electron chi connectivity index (χ4n) is 3.66. The van der Waals surface area contributed by atoms with Crippen molar-refractivity contribution in [1.82, 2.24) is 0 Å². The van der Waals surface area contributed by atoms with Crippen molar-refractivity contribution in [2.75, 3.05) is 20.3 Å². The van der Waals surface area contributed by atoms with E-state index >= 15 is 0 Å². The molecule has 2 aliphatic carbocycles. The zero-order chi connectivity index (χ0) is 8.13. The summed E-state index contributed by atoms with van der Waals surface area (Å²) in [4.78, 5) is 0. The lowest BCUT2D eigenvalue weighted by Crippen LogP contribution is -2.31. The van der Waals surface area contributed by atoms with Crippen LogP contribution in [-0.2, 0) is 9.47 Å². The Kier molecular flexibility index (Phi) is 1.50. The van der Waals surface area contributed by atoms with Gasteiger partial charge in [0.1, 0.15) is 0 Å². The van der Waals surface area contributed by atoms with Crippen LogP contribution >= 0.6 is 0 Å². The predicted octanol–water partition coefficient (Wildman–Crippen LogP) is 1.30.